The van der Waals surface area contributed by atoms with E-state index < -0.39 is 44.0 Å². The molecule has 2 rings (SSSR count). The maximum absolute atomic E-state index is 13.3. The first-order valence-electron chi connectivity index (χ1n) is 6.23. The van der Waals surface area contributed by atoms with Gasteiger partial charge in [-0.1, -0.05) is 0 Å². The van der Waals surface area contributed by atoms with Gasteiger partial charge in [-0.05, 0) is 42.5 Å². The molecule has 0 fully saturated rings. The van der Waals surface area contributed by atoms with Gasteiger partial charge < -0.3 is 5.11 Å². The molecule has 128 valence electrons. The summed E-state index contributed by atoms with van der Waals surface area (Å²) < 4.78 is 76.8. The minimum atomic E-state index is -4.61. The van der Waals surface area contributed by atoms with Gasteiger partial charge in [-0.3, -0.25) is 4.72 Å². The normalized spacial score (nSPS) is 12.0. The first-order chi connectivity index (χ1) is 11.0. The lowest BCUT2D eigenvalue weighted by atomic mass is 10.2. The van der Waals surface area contributed by atoms with Crippen LogP contribution in [0.1, 0.15) is 15.9 Å². The molecule has 5 nitrogen and oxygen atoms in total. The molecule has 0 aromatic heterocycles. The highest BCUT2D eigenvalue weighted by Crippen LogP contribution is 2.30. The van der Waals surface area contributed by atoms with E-state index >= 15 is 0 Å². The van der Waals surface area contributed by atoms with Crippen molar-refractivity contribution in [2.75, 3.05) is 4.72 Å². The van der Waals surface area contributed by atoms with Crippen LogP contribution in [-0.4, -0.2) is 19.5 Å². The van der Waals surface area contributed by atoms with Gasteiger partial charge in [0.25, 0.3) is 10.0 Å². The summed E-state index contributed by atoms with van der Waals surface area (Å²) in [4.78, 5) is 10.4. The van der Waals surface area contributed by atoms with Crippen molar-refractivity contribution in [2.24, 2.45) is 0 Å². The number of aromatic carboxylic acids is 1. The Hall–Kier alpha value is -2.62. The van der Waals surface area contributed by atoms with Gasteiger partial charge in [0, 0.05) is 5.69 Å². The van der Waals surface area contributed by atoms with E-state index in [-0.39, 0.29) is 5.69 Å². The SMILES string of the molecule is O=C(O)c1cc(NS(=O)(=O)c2ccc(C(F)(F)F)cc2)ccc1F. The number of carbonyl (C=O) groups is 1. The Kier molecular flexibility index (Phi) is 4.52. The summed E-state index contributed by atoms with van der Waals surface area (Å²) in [5, 5.41) is 8.79. The summed E-state index contributed by atoms with van der Waals surface area (Å²) in [6.07, 6.45) is -4.61. The molecule has 0 aliphatic carbocycles. The number of benzene rings is 2. The number of halogens is 4. The maximum atomic E-state index is 13.3. The molecule has 0 atom stereocenters. The number of alkyl halides is 3. The molecule has 0 aliphatic rings. The van der Waals surface area contributed by atoms with E-state index in [1.165, 1.54) is 0 Å². The second-order valence-corrected chi connectivity index (χ2v) is 6.31. The van der Waals surface area contributed by atoms with Crippen molar-refractivity contribution in [3.63, 3.8) is 0 Å². The number of nitrogens with one attached hydrogen (secondary N) is 1. The molecule has 0 saturated heterocycles. The fourth-order valence-corrected chi connectivity index (χ4v) is 2.84. The lowest BCUT2D eigenvalue weighted by Gasteiger charge is -2.11. The minimum Gasteiger partial charge on any atom is -0.478 e. The van der Waals surface area contributed by atoms with Crippen LogP contribution in [0.25, 0.3) is 0 Å². The molecule has 0 radical (unpaired) electrons. The molecule has 2 aromatic carbocycles. The molecule has 0 heterocycles. The Morgan fingerprint density at radius 2 is 1.62 bits per heavy atom. The largest absolute Gasteiger partial charge is 0.478 e. The minimum absolute atomic E-state index is 0.242. The second-order valence-electron chi connectivity index (χ2n) is 4.63. The van der Waals surface area contributed by atoms with E-state index in [0.717, 1.165) is 30.3 Å². The lowest BCUT2D eigenvalue weighted by Crippen LogP contribution is -2.14. The predicted octanol–water partition coefficient (Wildman–Crippen LogP) is 3.34. The first kappa shape index (κ1) is 17.7. The van der Waals surface area contributed by atoms with Crippen LogP contribution in [0.4, 0.5) is 23.2 Å². The molecular weight excluding hydrogens is 354 g/mol. The van der Waals surface area contributed by atoms with Crippen molar-refractivity contribution >= 4 is 21.7 Å². The quantitative estimate of drug-likeness (QED) is 0.816. The summed E-state index contributed by atoms with van der Waals surface area (Å²) >= 11 is 0. The maximum Gasteiger partial charge on any atom is 0.416 e. The van der Waals surface area contributed by atoms with Gasteiger partial charge in [0.05, 0.1) is 16.0 Å². The Morgan fingerprint density at radius 1 is 1.04 bits per heavy atom. The van der Waals surface area contributed by atoms with Crippen molar-refractivity contribution in [3.8, 4) is 0 Å². The van der Waals surface area contributed by atoms with Gasteiger partial charge >= 0.3 is 12.1 Å². The zero-order chi connectivity index (χ0) is 18.1. The summed E-state index contributed by atoms with van der Waals surface area (Å²) in [6.45, 7) is 0. The molecule has 0 aliphatic heterocycles. The highest BCUT2D eigenvalue weighted by atomic mass is 32.2. The number of carboxylic acids is 1. The summed E-state index contributed by atoms with van der Waals surface area (Å²) in [5.41, 5.74) is -2.01. The van der Waals surface area contributed by atoms with Gasteiger partial charge in [-0.2, -0.15) is 13.2 Å². The summed E-state index contributed by atoms with van der Waals surface area (Å²) in [5.74, 6) is -2.65. The van der Waals surface area contributed by atoms with Crippen LogP contribution in [0.15, 0.2) is 47.4 Å². The van der Waals surface area contributed by atoms with Crippen molar-refractivity contribution in [2.45, 2.75) is 11.1 Å². The molecule has 24 heavy (non-hydrogen) atoms. The van der Waals surface area contributed by atoms with E-state index in [9.17, 15) is 30.8 Å². The molecule has 10 heteroatoms. The number of anilines is 1. The van der Waals surface area contributed by atoms with Gasteiger partial charge in [-0.25, -0.2) is 17.6 Å². The number of hydrogen-bond acceptors (Lipinski definition) is 3. The monoisotopic (exact) mass is 363 g/mol. The smallest absolute Gasteiger partial charge is 0.416 e. The van der Waals surface area contributed by atoms with E-state index in [1.54, 1.807) is 0 Å². The second kappa shape index (κ2) is 6.11. The summed E-state index contributed by atoms with van der Waals surface area (Å²) in [7, 11) is -4.26. The Bertz CT molecular complexity index is 877. The third kappa shape index (κ3) is 3.82. The molecule has 0 saturated carbocycles. The number of sulfonamides is 1. The van der Waals surface area contributed by atoms with Crippen molar-refractivity contribution in [1.82, 2.24) is 0 Å². The zero-order valence-electron chi connectivity index (χ0n) is 11.6. The van der Waals surface area contributed by atoms with E-state index in [0.29, 0.717) is 12.1 Å². The van der Waals surface area contributed by atoms with Crippen LogP contribution in [0.2, 0.25) is 0 Å². The highest BCUT2D eigenvalue weighted by molar-refractivity contribution is 7.92. The standard InChI is InChI=1S/C14H9F4NO4S/c15-12-6-3-9(7-11(12)13(20)21)19-24(22,23)10-4-1-8(2-5-10)14(16,17)18/h1-7,19H,(H,20,21). The van der Waals surface area contributed by atoms with Gasteiger partial charge in [0.2, 0.25) is 0 Å². The average Bonchev–Trinajstić information content (AvgIpc) is 2.48. The number of rotatable bonds is 4. The van der Waals surface area contributed by atoms with Crippen molar-refractivity contribution in [3.05, 3.63) is 59.4 Å². The van der Waals surface area contributed by atoms with Crippen LogP contribution in [0.5, 0.6) is 0 Å². The summed E-state index contributed by atoms with van der Waals surface area (Å²) in [6, 6.07) is 5.22. The molecule has 0 unspecified atom stereocenters. The van der Waals surface area contributed by atoms with Crippen LogP contribution < -0.4 is 4.72 Å². The topological polar surface area (TPSA) is 83.5 Å². The number of carboxylic acid groups (broad SMARTS) is 1. The molecule has 0 spiro atoms. The van der Waals surface area contributed by atoms with Crippen LogP contribution in [-0.2, 0) is 16.2 Å². The van der Waals surface area contributed by atoms with Crippen molar-refractivity contribution in [1.29, 1.82) is 0 Å². The highest BCUT2D eigenvalue weighted by Gasteiger charge is 2.30. The first-order valence-corrected chi connectivity index (χ1v) is 7.72. The molecule has 2 N–H and O–H groups in total. The van der Waals surface area contributed by atoms with Crippen LogP contribution >= 0.6 is 0 Å². The number of hydrogen-bond donors (Lipinski definition) is 2. The Labute approximate surface area is 133 Å². The van der Waals surface area contributed by atoms with Gasteiger partial charge in [0.1, 0.15) is 5.82 Å². The molecule has 2 aromatic rings. The lowest BCUT2D eigenvalue weighted by molar-refractivity contribution is -0.137. The fourth-order valence-electron chi connectivity index (χ4n) is 1.79. The third-order valence-corrected chi connectivity index (χ3v) is 4.34. The fraction of sp³-hybridized carbons (Fsp3) is 0.0714. The van der Waals surface area contributed by atoms with E-state index in [1.807, 2.05) is 4.72 Å². The van der Waals surface area contributed by atoms with Gasteiger partial charge in [0.15, 0.2) is 0 Å². The van der Waals surface area contributed by atoms with Gasteiger partial charge in [-0.15, -0.1) is 0 Å². The van der Waals surface area contributed by atoms with E-state index in [4.69, 9.17) is 5.11 Å². The zero-order valence-corrected chi connectivity index (χ0v) is 12.5. The Morgan fingerprint density at radius 3 is 2.12 bits per heavy atom. The van der Waals surface area contributed by atoms with Crippen LogP contribution in [0, 0.1) is 5.82 Å². The Balaban J connectivity index is 2.32. The van der Waals surface area contributed by atoms with Crippen molar-refractivity contribution < 1.29 is 35.9 Å². The predicted molar refractivity (Wildman–Crippen MR) is 75.6 cm³/mol. The van der Waals surface area contributed by atoms with E-state index in [2.05, 4.69) is 0 Å². The van der Waals surface area contributed by atoms with Crippen LogP contribution in [0.3, 0.4) is 0 Å². The molecular formula is C14H9F4NO4S. The third-order valence-electron chi connectivity index (χ3n) is 2.94. The molecule has 0 bridgehead atoms. The molecule has 0 amide bonds. The average molecular weight is 363 g/mol.